The first kappa shape index (κ1) is 30.2. The molecule has 0 bridgehead atoms. The van der Waals surface area contributed by atoms with Crippen LogP contribution >= 0.6 is 0 Å². The van der Waals surface area contributed by atoms with Gasteiger partial charge in [-0.3, -0.25) is 9.59 Å². The molecular weight excluding hydrogens is 450 g/mol. The molecule has 0 unspecified atom stereocenters. The van der Waals surface area contributed by atoms with E-state index in [0.29, 0.717) is 44.0 Å². The number of rotatable bonds is 15. The van der Waals surface area contributed by atoms with Crippen LogP contribution in [0.3, 0.4) is 0 Å². The van der Waals surface area contributed by atoms with Gasteiger partial charge in [0.15, 0.2) is 0 Å². The number of nitrogen functional groups attached to an aromatic ring is 1. The lowest BCUT2D eigenvalue weighted by atomic mass is 10.0. The molecule has 0 aliphatic carbocycles. The monoisotopic (exact) mass is 493 g/mol. The highest BCUT2D eigenvalue weighted by atomic mass is 16.5. The molecule has 4 amide bonds. The van der Waals surface area contributed by atoms with E-state index in [1.165, 1.54) is 4.90 Å². The minimum Gasteiger partial charge on any atom is -0.399 e. The quantitative estimate of drug-likeness (QED) is 0.168. The number of carbonyl (C=O) groups is 3. The number of nitrogens with two attached hydrogens (primary N) is 1. The molecule has 35 heavy (non-hydrogen) atoms. The Bertz CT molecular complexity index is 811. The lowest BCUT2D eigenvalue weighted by Crippen LogP contribution is -2.44. The third kappa shape index (κ3) is 13.6. The normalized spacial score (nSPS) is 11.6. The van der Waals surface area contributed by atoms with Gasteiger partial charge in [0, 0.05) is 56.6 Å². The molecule has 0 fully saturated rings. The average molecular weight is 494 g/mol. The van der Waals surface area contributed by atoms with Gasteiger partial charge >= 0.3 is 6.03 Å². The molecule has 1 aromatic carbocycles. The summed E-state index contributed by atoms with van der Waals surface area (Å²) in [5.74, 6) is -0.353. The van der Waals surface area contributed by atoms with Crippen LogP contribution in [-0.4, -0.2) is 67.4 Å². The summed E-state index contributed by atoms with van der Waals surface area (Å²) in [4.78, 5) is 38.0. The fourth-order valence-corrected chi connectivity index (χ4v) is 2.98. The Morgan fingerprint density at radius 1 is 1.00 bits per heavy atom. The van der Waals surface area contributed by atoms with E-state index in [1.807, 2.05) is 34.6 Å². The van der Waals surface area contributed by atoms with Gasteiger partial charge in [-0.2, -0.15) is 0 Å². The predicted molar refractivity (Wildman–Crippen MR) is 138 cm³/mol. The van der Waals surface area contributed by atoms with Gasteiger partial charge < -0.3 is 36.1 Å². The molecule has 1 aromatic rings. The third-order valence-electron chi connectivity index (χ3n) is 5.34. The number of nitrogens with zero attached hydrogens (tertiary/aromatic N) is 1. The Hall–Kier alpha value is -2.85. The summed E-state index contributed by atoms with van der Waals surface area (Å²) in [5.41, 5.74) is 5.96. The van der Waals surface area contributed by atoms with Crippen LogP contribution < -0.4 is 21.7 Å². The molecule has 5 N–H and O–H groups in total. The van der Waals surface area contributed by atoms with Crippen molar-refractivity contribution in [1.82, 2.24) is 15.5 Å². The Morgan fingerprint density at radius 3 is 2.26 bits per heavy atom. The molecule has 10 nitrogen and oxygen atoms in total. The maximum Gasteiger partial charge on any atom is 0.323 e. The van der Waals surface area contributed by atoms with Gasteiger partial charge in [-0.15, -0.1) is 0 Å². The second kappa shape index (κ2) is 14.5. The van der Waals surface area contributed by atoms with E-state index < -0.39 is 5.60 Å². The first-order valence-corrected chi connectivity index (χ1v) is 12.0. The molecule has 1 rings (SSSR count). The SMILES string of the molecule is CCOCCC(C)(C)NC(=O)CCC(=O)NCCC(C)(C)OCN(C)C(=O)Nc1ccc(N)cc1. The largest absolute Gasteiger partial charge is 0.399 e. The molecule has 0 saturated carbocycles. The van der Waals surface area contributed by atoms with Crippen molar-refractivity contribution in [2.75, 3.05) is 44.6 Å². The van der Waals surface area contributed by atoms with Crippen molar-refractivity contribution in [2.45, 2.75) is 71.4 Å². The average Bonchev–Trinajstić information content (AvgIpc) is 2.77. The maximum atomic E-state index is 12.3. The Morgan fingerprint density at radius 2 is 1.63 bits per heavy atom. The minimum absolute atomic E-state index is 0.0843. The van der Waals surface area contributed by atoms with Crippen molar-refractivity contribution in [3.05, 3.63) is 24.3 Å². The number of urea groups is 1. The van der Waals surface area contributed by atoms with Crippen molar-refractivity contribution in [3.63, 3.8) is 0 Å². The van der Waals surface area contributed by atoms with Crippen molar-refractivity contribution in [2.24, 2.45) is 0 Å². The summed E-state index contributed by atoms with van der Waals surface area (Å²) >= 11 is 0. The maximum absolute atomic E-state index is 12.3. The smallest absolute Gasteiger partial charge is 0.323 e. The fraction of sp³-hybridized carbons (Fsp3) is 0.640. The molecule has 0 atom stereocenters. The zero-order valence-electron chi connectivity index (χ0n) is 22.0. The molecule has 198 valence electrons. The number of hydrogen-bond donors (Lipinski definition) is 4. The number of ether oxygens (including phenoxy) is 2. The third-order valence-corrected chi connectivity index (χ3v) is 5.34. The van der Waals surface area contributed by atoms with Gasteiger partial charge in [0.1, 0.15) is 6.73 Å². The highest BCUT2D eigenvalue weighted by Gasteiger charge is 2.22. The van der Waals surface area contributed by atoms with Crippen LogP contribution in [0.1, 0.15) is 60.3 Å². The van der Waals surface area contributed by atoms with Gasteiger partial charge in [-0.1, -0.05) is 0 Å². The van der Waals surface area contributed by atoms with E-state index in [1.54, 1.807) is 31.3 Å². The van der Waals surface area contributed by atoms with Crippen LogP contribution in [0, 0.1) is 0 Å². The highest BCUT2D eigenvalue weighted by molar-refractivity contribution is 5.89. The summed E-state index contributed by atoms with van der Waals surface area (Å²) in [5, 5.41) is 8.54. The van der Waals surface area contributed by atoms with Crippen LogP contribution in [0.5, 0.6) is 0 Å². The van der Waals surface area contributed by atoms with Gasteiger partial charge in [0.2, 0.25) is 11.8 Å². The molecule has 0 aliphatic heterocycles. The summed E-state index contributed by atoms with van der Waals surface area (Å²) < 4.78 is 11.2. The number of anilines is 2. The van der Waals surface area contributed by atoms with Crippen LogP contribution in [-0.2, 0) is 19.1 Å². The molecule has 0 saturated heterocycles. The van der Waals surface area contributed by atoms with E-state index in [0.717, 1.165) is 0 Å². The van der Waals surface area contributed by atoms with Gasteiger partial charge in [0.05, 0.1) is 5.60 Å². The van der Waals surface area contributed by atoms with E-state index in [4.69, 9.17) is 15.2 Å². The molecule has 10 heteroatoms. The van der Waals surface area contributed by atoms with E-state index in [-0.39, 0.29) is 43.0 Å². The van der Waals surface area contributed by atoms with Crippen LogP contribution in [0.4, 0.5) is 16.2 Å². The topological polar surface area (TPSA) is 135 Å². The van der Waals surface area contributed by atoms with Crippen LogP contribution in [0.25, 0.3) is 0 Å². The van der Waals surface area contributed by atoms with Crippen molar-refractivity contribution in [3.8, 4) is 0 Å². The molecule has 0 radical (unpaired) electrons. The zero-order valence-corrected chi connectivity index (χ0v) is 22.0. The number of nitrogens with one attached hydrogen (secondary N) is 3. The summed E-state index contributed by atoms with van der Waals surface area (Å²) in [7, 11) is 1.63. The number of benzene rings is 1. The van der Waals surface area contributed by atoms with Crippen molar-refractivity contribution >= 4 is 29.2 Å². The molecule has 0 aromatic heterocycles. The molecule has 0 heterocycles. The Balaban J connectivity index is 2.27. The second-order valence-corrected chi connectivity index (χ2v) is 9.76. The summed E-state index contributed by atoms with van der Waals surface area (Å²) in [6.45, 7) is 11.3. The molecular formula is C25H43N5O5. The summed E-state index contributed by atoms with van der Waals surface area (Å²) in [6.07, 6.45) is 1.48. The van der Waals surface area contributed by atoms with E-state index in [2.05, 4.69) is 16.0 Å². The van der Waals surface area contributed by atoms with E-state index in [9.17, 15) is 14.4 Å². The Labute approximate surface area is 209 Å². The molecule has 0 spiro atoms. The van der Waals surface area contributed by atoms with Crippen molar-refractivity contribution < 1.29 is 23.9 Å². The van der Waals surface area contributed by atoms with Crippen LogP contribution in [0.2, 0.25) is 0 Å². The van der Waals surface area contributed by atoms with Gasteiger partial charge in [0.25, 0.3) is 0 Å². The predicted octanol–water partition coefficient (Wildman–Crippen LogP) is 3.09. The van der Waals surface area contributed by atoms with Gasteiger partial charge in [-0.25, -0.2) is 4.79 Å². The highest BCUT2D eigenvalue weighted by Crippen LogP contribution is 2.15. The Kier molecular flexibility index (Phi) is 12.5. The number of carbonyl (C=O) groups excluding carboxylic acids is 3. The lowest BCUT2D eigenvalue weighted by molar-refractivity contribution is -0.127. The minimum atomic E-state index is -0.565. The van der Waals surface area contributed by atoms with E-state index >= 15 is 0 Å². The standard InChI is InChI=1S/C25H43N5O5/c1-7-34-17-15-24(2,3)29-22(32)13-12-21(31)27-16-14-25(4,5)35-18-30(6)23(33)28-20-10-8-19(26)9-11-20/h8-11H,7,12-18,26H2,1-6H3,(H,27,31)(H,28,33)(H,29,32). The van der Waals surface area contributed by atoms with Crippen molar-refractivity contribution in [1.29, 1.82) is 0 Å². The lowest BCUT2D eigenvalue weighted by Gasteiger charge is -2.28. The molecule has 0 aliphatic rings. The first-order chi connectivity index (χ1) is 16.3. The second-order valence-electron chi connectivity index (χ2n) is 9.76. The number of amides is 4. The van der Waals surface area contributed by atoms with Gasteiger partial charge in [-0.05, 0) is 71.7 Å². The zero-order chi connectivity index (χ0) is 26.5. The summed E-state index contributed by atoms with van der Waals surface area (Å²) in [6, 6.07) is 6.56. The van der Waals surface area contributed by atoms with Crippen LogP contribution in [0.15, 0.2) is 24.3 Å². The first-order valence-electron chi connectivity index (χ1n) is 12.0. The number of hydrogen-bond acceptors (Lipinski definition) is 6. The fourth-order valence-electron chi connectivity index (χ4n) is 2.98.